The number of nitrogens with one attached hydrogen (secondary N) is 1. The summed E-state index contributed by atoms with van der Waals surface area (Å²) in [4.78, 5) is 11.1. The summed E-state index contributed by atoms with van der Waals surface area (Å²) in [5, 5.41) is 3.26. The molecule has 4 nitrogen and oxygen atoms in total. The minimum atomic E-state index is -0.273. The van der Waals surface area contributed by atoms with Gasteiger partial charge in [-0.15, -0.1) is 0 Å². The van der Waals surface area contributed by atoms with Gasteiger partial charge in [0, 0.05) is 12.6 Å². The van der Waals surface area contributed by atoms with E-state index in [1.54, 1.807) is 0 Å². The maximum atomic E-state index is 11.1. The Morgan fingerprint density at radius 2 is 2.29 bits per heavy atom. The molecule has 14 heavy (non-hydrogen) atoms. The summed E-state index contributed by atoms with van der Waals surface area (Å²) in [6, 6.07) is 0.0466. The second-order valence-electron chi connectivity index (χ2n) is 4.20. The van der Waals surface area contributed by atoms with Crippen molar-refractivity contribution in [2.24, 2.45) is 11.7 Å². The zero-order chi connectivity index (χ0) is 10.6. The minimum absolute atomic E-state index is 0.231. The molecule has 0 aromatic heterocycles. The van der Waals surface area contributed by atoms with E-state index >= 15 is 0 Å². The highest BCUT2D eigenvalue weighted by Gasteiger charge is 2.24. The van der Waals surface area contributed by atoms with Crippen LogP contribution in [-0.4, -0.2) is 31.2 Å². The van der Waals surface area contributed by atoms with Crippen LogP contribution in [0.2, 0.25) is 0 Å². The van der Waals surface area contributed by atoms with Gasteiger partial charge in [0.2, 0.25) is 5.91 Å². The van der Waals surface area contributed by atoms with Crippen molar-refractivity contribution in [1.29, 1.82) is 0 Å². The number of carbonyl (C=O) groups is 1. The lowest BCUT2D eigenvalue weighted by Crippen LogP contribution is -2.51. The Balaban J connectivity index is 2.41. The quantitative estimate of drug-likeness (QED) is 0.684. The predicted octanol–water partition coefficient (Wildman–Crippen LogP) is 0.265. The fourth-order valence-electron chi connectivity index (χ4n) is 1.73. The van der Waals surface area contributed by atoms with Crippen LogP contribution in [0, 0.1) is 5.92 Å². The zero-order valence-corrected chi connectivity index (χ0v) is 8.95. The van der Waals surface area contributed by atoms with Gasteiger partial charge < -0.3 is 15.8 Å². The van der Waals surface area contributed by atoms with Crippen LogP contribution in [-0.2, 0) is 9.53 Å². The van der Waals surface area contributed by atoms with E-state index in [2.05, 4.69) is 5.32 Å². The van der Waals surface area contributed by atoms with Crippen LogP contribution in [0.3, 0.4) is 0 Å². The first-order valence-electron chi connectivity index (χ1n) is 5.24. The largest absolute Gasteiger partial charge is 0.380 e. The van der Waals surface area contributed by atoms with Gasteiger partial charge >= 0.3 is 0 Å². The summed E-state index contributed by atoms with van der Waals surface area (Å²) in [5.41, 5.74) is 5.31. The third-order valence-corrected chi connectivity index (χ3v) is 2.55. The molecule has 0 aromatic carbocycles. The highest BCUT2D eigenvalue weighted by molar-refractivity contribution is 5.80. The Hall–Kier alpha value is -0.610. The summed E-state index contributed by atoms with van der Waals surface area (Å²) < 4.78 is 5.33. The van der Waals surface area contributed by atoms with Crippen molar-refractivity contribution in [3.8, 4) is 0 Å². The van der Waals surface area contributed by atoms with Gasteiger partial charge in [-0.2, -0.15) is 0 Å². The monoisotopic (exact) mass is 200 g/mol. The Kier molecular flexibility index (Phi) is 4.35. The highest BCUT2D eigenvalue weighted by atomic mass is 16.5. The lowest BCUT2D eigenvalue weighted by Gasteiger charge is -2.28. The van der Waals surface area contributed by atoms with E-state index in [1.807, 2.05) is 13.8 Å². The van der Waals surface area contributed by atoms with Gasteiger partial charge in [0.25, 0.3) is 0 Å². The van der Waals surface area contributed by atoms with Gasteiger partial charge in [0.15, 0.2) is 0 Å². The van der Waals surface area contributed by atoms with E-state index in [0.29, 0.717) is 6.61 Å². The third-order valence-electron chi connectivity index (χ3n) is 2.55. The maximum absolute atomic E-state index is 11.1. The minimum Gasteiger partial charge on any atom is -0.380 e. The highest BCUT2D eigenvalue weighted by Crippen LogP contribution is 2.09. The predicted molar refractivity (Wildman–Crippen MR) is 54.8 cm³/mol. The Bertz CT molecular complexity index is 189. The molecule has 0 saturated carbocycles. The van der Waals surface area contributed by atoms with Crippen molar-refractivity contribution in [2.75, 3.05) is 13.2 Å². The number of carbonyl (C=O) groups excluding carboxylic acids is 1. The molecular formula is C10H20N2O2. The summed E-state index contributed by atoms with van der Waals surface area (Å²) in [5.74, 6) is -0.0417. The van der Waals surface area contributed by atoms with Crippen molar-refractivity contribution >= 4 is 5.91 Å². The lowest BCUT2D eigenvalue weighted by atomic mass is 10.0. The van der Waals surface area contributed by atoms with Gasteiger partial charge in [0.1, 0.15) is 0 Å². The fraction of sp³-hybridized carbons (Fsp3) is 0.900. The van der Waals surface area contributed by atoms with E-state index in [9.17, 15) is 4.79 Å². The summed E-state index contributed by atoms with van der Waals surface area (Å²) in [7, 11) is 0. The first-order chi connectivity index (χ1) is 6.61. The fourth-order valence-corrected chi connectivity index (χ4v) is 1.73. The molecule has 3 N–H and O–H groups in total. The van der Waals surface area contributed by atoms with E-state index in [1.165, 1.54) is 0 Å². The average Bonchev–Trinajstić information content (AvgIpc) is 2.15. The van der Waals surface area contributed by atoms with Crippen molar-refractivity contribution < 1.29 is 9.53 Å². The molecular weight excluding hydrogens is 180 g/mol. The number of nitrogens with two attached hydrogens (primary N) is 1. The number of primary amides is 1. The first-order valence-corrected chi connectivity index (χ1v) is 5.24. The molecule has 1 fully saturated rings. The van der Waals surface area contributed by atoms with E-state index in [4.69, 9.17) is 10.5 Å². The zero-order valence-electron chi connectivity index (χ0n) is 8.95. The molecule has 0 aromatic rings. The molecule has 4 heteroatoms. The molecule has 1 aliphatic rings. The van der Waals surface area contributed by atoms with Crippen LogP contribution in [0.4, 0.5) is 0 Å². The van der Waals surface area contributed by atoms with Gasteiger partial charge in [0.05, 0.1) is 12.6 Å². The lowest BCUT2D eigenvalue weighted by molar-refractivity contribution is -0.121. The second kappa shape index (κ2) is 5.32. The van der Waals surface area contributed by atoms with Crippen molar-refractivity contribution in [3.63, 3.8) is 0 Å². The summed E-state index contributed by atoms with van der Waals surface area (Å²) in [6.07, 6.45) is 2.12. The number of hydrogen-bond acceptors (Lipinski definition) is 3. The van der Waals surface area contributed by atoms with E-state index in [0.717, 1.165) is 19.4 Å². The second-order valence-corrected chi connectivity index (χ2v) is 4.20. The van der Waals surface area contributed by atoms with E-state index in [-0.39, 0.29) is 23.9 Å². The molecule has 2 unspecified atom stereocenters. The third kappa shape index (κ3) is 3.27. The molecule has 82 valence electrons. The molecule has 0 radical (unpaired) electrons. The van der Waals surface area contributed by atoms with Gasteiger partial charge in [-0.05, 0) is 18.8 Å². The van der Waals surface area contributed by atoms with Crippen molar-refractivity contribution in [1.82, 2.24) is 5.32 Å². The summed E-state index contributed by atoms with van der Waals surface area (Å²) >= 11 is 0. The number of amides is 1. The van der Waals surface area contributed by atoms with Crippen LogP contribution in [0.5, 0.6) is 0 Å². The molecule has 1 saturated heterocycles. The first kappa shape index (κ1) is 11.5. The van der Waals surface area contributed by atoms with Crippen LogP contribution >= 0.6 is 0 Å². The van der Waals surface area contributed by atoms with Gasteiger partial charge in [-0.3, -0.25) is 4.79 Å². The van der Waals surface area contributed by atoms with Crippen LogP contribution in [0.15, 0.2) is 0 Å². The SMILES string of the molecule is CC(C)C(NC1CCCOC1)C(N)=O. The van der Waals surface area contributed by atoms with Crippen LogP contribution in [0.25, 0.3) is 0 Å². The van der Waals surface area contributed by atoms with Crippen LogP contribution < -0.4 is 11.1 Å². The number of hydrogen-bond donors (Lipinski definition) is 2. The molecule has 0 bridgehead atoms. The van der Waals surface area contributed by atoms with Crippen LogP contribution in [0.1, 0.15) is 26.7 Å². The Morgan fingerprint density at radius 3 is 2.71 bits per heavy atom. The Morgan fingerprint density at radius 1 is 1.57 bits per heavy atom. The standard InChI is InChI=1S/C10H20N2O2/c1-7(2)9(10(11)13)12-8-4-3-5-14-6-8/h7-9,12H,3-6H2,1-2H3,(H2,11,13). The van der Waals surface area contributed by atoms with E-state index < -0.39 is 0 Å². The molecule has 0 aliphatic carbocycles. The average molecular weight is 200 g/mol. The number of ether oxygens (including phenoxy) is 1. The van der Waals surface area contributed by atoms with Crippen molar-refractivity contribution in [3.05, 3.63) is 0 Å². The molecule has 1 heterocycles. The molecule has 0 spiro atoms. The molecule has 1 aliphatic heterocycles. The van der Waals surface area contributed by atoms with Gasteiger partial charge in [-0.1, -0.05) is 13.8 Å². The normalized spacial score (nSPS) is 24.9. The molecule has 1 amide bonds. The van der Waals surface area contributed by atoms with Gasteiger partial charge in [-0.25, -0.2) is 0 Å². The molecule has 2 atom stereocenters. The summed E-state index contributed by atoms with van der Waals surface area (Å²) in [6.45, 7) is 5.51. The topological polar surface area (TPSA) is 64.3 Å². The van der Waals surface area contributed by atoms with Crippen molar-refractivity contribution in [2.45, 2.75) is 38.8 Å². The molecule has 1 rings (SSSR count). The smallest absolute Gasteiger partial charge is 0.234 e. The Labute approximate surface area is 85.2 Å². The maximum Gasteiger partial charge on any atom is 0.234 e. The number of rotatable bonds is 4.